The molecule has 1 fully saturated rings. The van der Waals surface area contributed by atoms with Crippen molar-refractivity contribution in [3.8, 4) is 0 Å². The van der Waals surface area contributed by atoms with Gasteiger partial charge in [0.15, 0.2) is 6.61 Å². The summed E-state index contributed by atoms with van der Waals surface area (Å²) in [5.41, 5.74) is 0.226. The van der Waals surface area contributed by atoms with Gasteiger partial charge in [-0.1, -0.05) is 13.5 Å². The van der Waals surface area contributed by atoms with E-state index < -0.39 is 18.5 Å². The van der Waals surface area contributed by atoms with Crippen molar-refractivity contribution in [3.63, 3.8) is 0 Å². The zero-order valence-corrected chi connectivity index (χ0v) is 12.7. The lowest BCUT2D eigenvalue weighted by Gasteiger charge is -2.21. The summed E-state index contributed by atoms with van der Waals surface area (Å²) in [6.45, 7) is 8.60. The Labute approximate surface area is 124 Å². The third-order valence-corrected chi connectivity index (χ3v) is 3.49. The van der Waals surface area contributed by atoms with Crippen LogP contribution in [0.4, 0.5) is 0 Å². The molecule has 0 aliphatic carbocycles. The first-order chi connectivity index (χ1) is 9.81. The quantitative estimate of drug-likeness (QED) is 0.404. The molecule has 21 heavy (non-hydrogen) atoms. The van der Waals surface area contributed by atoms with E-state index in [1.165, 1.54) is 6.92 Å². The first kappa shape index (κ1) is 17.2. The lowest BCUT2D eigenvalue weighted by Crippen LogP contribution is -2.27. The smallest absolute Gasteiger partial charge is 0.344 e. The number of ether oxygens (including phenoxy) is 3. The topological polar surface area (TPSA) is 78.9 Å². The Hall–Kier alpha value is -1.85. The van der Waals surface area contributed by atoms with Gasteiger partial charge in [-0.2, -0.15) is 0 Å². The lowest BCUT2D eigenvalue weighted by molar-refractivity contribution is -0.161. The molecule has 1 saturated heterocycles. The van der Waals surface area contributed by atoms with E-state index in [1.54, 1.807) is 6.92 Å². The number of cyclic esters (lactones) is 1. The molecule has 0 amide bonds. The van der Waals surface area contributed by atoms with Crippen molar-refractivity contribution in [1.82, 2.24) is 0 Å². The maximum absolute atomic E-state index is 11.6. The molecular formula is C15H22O6. The summed E-state index contributed by atoms with van der Waals surface area (Å²) in [7, 11) is 0. The van der Waals surface area contributed by atoms with Gasteiger partial charge in [-0.3, -0.25) is 4.79 Å². The molecule has 0 aromatic rings. The van der Waals surface area contributed by atoms with Gasteiger partial charge >= 0.3 is 17.9 Å². The summed E-state index contributed by atoms with van der Waals surface area (Å²) in [4.78, 5) is 34.1. The van der Waals surface area contributed by atoms with Crippen LogP contribution in [-0.4, -0.2) is 37.2 Å². The molecule has 1 aliphatic heterocycles. The molecule has 1 aliphatic rings. The van der Waals surface area contributed by atoms with Crippen LogP contribution in [0.3, 0.4) is 0 Å². The second kappa shape index (κ2) is 7.81. The molecule has 0 saturated carbocycles. The minimum Gasteiger partial charge on any atom is -0.465 e. The lowest BCUT2D eigenvalue weighted by atomic mass is 9.91. The summed E-state index contributed by atoms with van der Waals surface area (Å²) >= 11 is 0. The molecule has 0 N–H and O–H groups in total. The molecule has 3 unspecified atom stereocenters. The standard InChI is InChI=1S/C15H22O6/c1-9(2)14(17)20-8-13(16)21-11(4)10(3)7-12-5-6-19-15(12)18/h10-12H,1,5-8H2,2-4H3. The van der Waals surface area contributed by atoms with Crippen LogP contribution in [0.2, 0.25) is 0 Å². The summed E-state index contributed by atoms with van der Waals surface area (Å²) in [6.07, 6.45) is 0.952. The van der Waals surface area contributed by atoms with Crippen LogP contribution in [0.1, 0.15) is 33.6 Å². The van der Waals surface area contributed by atoms with Gasteiger partial charge in [0.1, 0.15) is 6.10 Å². The van der Waals surface area contributed by atoms with Crippen LogP contribution in [0.15, 0.2) is 12.2 Å². The molecule has 1 heterocycles. The maximum Gasteiger partial charge on any atom is 0.344 e. The number of carbonyl (C=O) groups is 3. The highest BCUT2D eigenvalue weighted by Gasteiger charge is 2.30. The zero-order chi connectivity index (χ0) is 16.0. The Balaban J connectivity index is 2.32. The first-order valence-corrected chi connectivity index (χ1v) is 7.00. The van der Waals surface area contributed by atoms with E-state index in [0.29, 0.717) is 19.4 Å². The van der Waals surface area contributed by atoms with Gasteiger partial charge in [-0.15, -0.1) is 0 Å². The van der Waals surface area contributed by atoms with Gasteiger partial charge in [-0.05, 0) is 32.6 Å². The number of hydrogen-bond donors (Lipinski definition) is 0. The fraction of sp³-hybridized carbons (Fsp3) is 0.667. The highest BCUT2D eigenvalue weighted by atomic mass is 16.6. The molecule has 118 valence electrons. The van der Waals surface area contributed by atoms with E-state index >= 15 is 0 Å². The Bertz CT molecular complexity index is 428. The van der Waals surface area contributed by atoms with Crippen molar-refractivity contribution in [2.75, 3.05) is 13.2 Å². The largest absolute Gasteiger partial charge is 0.465 e. The molecule has 3 atom stereocenters. The molecule has 1 rings (SSSR count). The minimum absolute atomic E-state index is 0.0152. The van der Waals surface area contributed by atoms with E-state index in [0.717, 1.165) is 0 Å². The molecule has 0 aromatic heterocycles. The molecule has 0 aromatic carbocycles. The first-order valence-electron chi connectivity index (χ1n) is 7.00. The zero-order valence-electron chi connectivity index (χ0n) is 12.7. The van der Waals surface area contributed by atoms with Crippen molar-refractivity contribution < 1.29 is 28.6 Å². The predicted molar refractivity (Wildman–Crippen MR) is 74.2 cm³/mol. The Kier molecular flexibility index (Phi) is 6.39. The molecular weight excluding hydrogens is 276 g/mol. The van der Waals surface area contributed by atoms with Gasteiger partial charge in [0.05, 0.1) is 12.5 Å². The van der Waals surface area contributed by atoms with Gasteiger partial charge in [0.2, 0.25) is 0 Å². The van der Waals surface area contributed by atoms with E-state index in [1.807, 2.05) is 6.92 Å². The summed E-state index contributed by atoms with van der Waals surface area (Å²) in [6, 6.07) is 0. The van der Waals surface area contributed by atoms with E-state index in [-0.39, 0.29) is 29.5 Å². The van der Waals surface area contributed by atoms with Gasteiger partial charge in [0.25, 0.3) is 0 Å². The molecule has 6 heteroatoms. The van der Waals surface area contributed by atoms with Crippen molar-refractivity contribution in [2.24, 2.45) is 11.8 Å². The number of hydrogen-bond acceptors (Lipinski definition) is 6. The monoisotopic (exact) mass is 298 g/mol. The number of esters is 3. The van der Waals surface area contributed by atoms with E-state index in [4.69, 9.17) is 14.2 Å². The van der Waals surface area contributed by atoms with E-state index in [2.05, 4.69) is 6.58 Å². The van der Waals surface area contributed by atoms with Gasteiger partial charge < -0.3 is 14.2 Å². The van der Waals surface area contributed by atoms with Gasteiger partial charge in [0, 0.05) is 5.57 Å². The van der Waals surface area contributed by atoms with Crippen LogP contribution >= 0.6 is 0 Å². The number of rotatable bonds is 7. The summed E-state index contributed by atoms with van der Waals surface area (Å²) < 4.78 is 14.8. The van der Waals surface area contributed by atoms with Crippen molar-refractivity contribution >= 4 is 17.9 Å². The van der Waals surface area contributed by atoms with Crippen LogP contribution in [-0.2, 0) is 28.6 Å². The van der Waals surface area contributed by atoms with E-state index in [9.17, 15) is 14.4 Å². The van der Waals surface area contributed by atoms with Crippen molar-refractivity contribution in [2.45, 2.75) is 39.7 Å². The predicted octanol–water partition coefficient (Wildman–Crippen LogP) is 1.63. The van der Waals surface area contributed by atoms with Crippen LogP contribution in [0.25, 0.3) is 0 Å². The van der Waals surface area contributed by atoms with Crippen LogP contribution in [0, 0.1) is 11.8 Å². The Morgan fingerprint density at radius 2 is 2.10 bits per heavy atom. The van der Waals surface area contributed by atoms with Gasteiger partial charge in [-0.25, -0.2) is 9.59 Å². The average molecular weight is 298 g/mol. The fourth-order valence-corrected chi connectivity index (χ4v) is 2.00. The minimum atomic E-state index is -0.624. The SMILES string of the molecule is C=C(C)C(=O)OCC(=O)OC(C)C(C)CC1CCOC1=O. The molecule has 0 spiro atoms. The highest BCUT2D eigenvalue weighted by Crippen LogP contribution is 2.25. The maximum atomic E-state index is 11.6. The fourth-order valence-electron chi connectivity index (χ4n) is 2.00. The molecule has 0 bridgehead atoms. The second-order valence-corrected chi connectivity index (χ2v) is 5.42. The third-order valence-electron chi connectivity index (χ3n) is 3.49. The van der Waals surface area contributed by atoms with Crippen molar-refractivity contribution in [3.05, 3.63) is 12.2 Å². The Morgan fingerprint density at radius 3 is 2.62 bits per heavy atom. The van der Waals surface area contributed by atoms with Crippen molar-refractivity contribution in [1.29, 1.82) is 0 Å². The number of carbonyl (C=O) groups excluding carboxylic acids is 3. The second-order valence-electron chi connectivity index (χ2n) is 5.42. The normalized spacial score (nSPS) is 20.3. The highest BCUT2D eigenvalue weighted by molar-refractivity contribution is 5.88. The molecule has 6 nitrogen and oxygen atoms in total. The Morgan fingerprint density at radius 1 is 1.43 bits per heavy atom. The third kappa shape index (κ3) is 5.57. The average Bonchev–Trinajstić information content (AvgIpc) is 2.81. The van der Waals surface area contributed by atoms with Crippen LogP contribution in [0.5, 0.6) is 0 Å². The summed E-state index contributed by atoms with van der Waals surface area (Å²) in [5, 5.41) is 0. The van der Waals surface area contributed by atoms with Crippen LogP contribution < -0.4 is 0 Å². The summed E-state index contributed by atoms with van der Waals surface area (Å²) in [5.74, 6) is -1.53. The molecule has 0 radical (unpaired) electrons.